The third-order valence-electron chi connectivity index (χ3n) is 3.36. The molecule has 96 valence electrons. The van der Waals surface area contributed by atoms with E-state index in [0.717, 1.165) is 25.1 Å². The van der Waals surface area contributed by atoms with Crippen LogP contribution in [-0.4, -0.2) is 31.1 Å². The van der Waals surface area contributed by atoms with Gasteiger partial charge >= 0.3 is 0 Å². The van der Waals surface area contributed by atoms with Crippen LogP contribution in [0.15, 0.2) is 24.3 Å². The highest BCUT2D eigenvalue weighted by Gasteiger charge is 2.28. The van der Waals surface area contributed by atoms with Crippen LogP contribution in [0.25, 0.3) is 0 Å². The summed E-state index contributed by atoms with van der Waals surface area (Å²) in [5.41, 5.74) is 7.12. The van der Waals surface area contributed by atoms with Crippen molar-refractivity contribution in [1.29, 1.82) is 0 Å². The Labute approximate surface area is 109 Å². The molecule has 1 aromatic rings. The van der Waals surface area contributed by atoms with Gasteiger partial charge in [-0.15, -0.1) is 12.4 Å². The maximum atomic E-state index is 5.79. The first kappa shape index (κ1) is 14.3. The van der Waals surface area contributed by atoms with Crippen LogP contribution in [0.3, 0.4) is 0 Å². The van der Waals surface area contributed by atoms with Crippen molar-refractivity contribution in [1.82, 2.24) is 4.90 Å². The van der Waals surface area contributed by atoms with Gasteiger partial charge in [-0.2, -0.15) is 0 Å². The van der Waals surface area contributed by atoms with Crippen molar-refractivity contribution in [2.45, 2.75) is 31.5 Å². The zero-order valence-corrected chi connectivity index (χ0v) is 11.2. The second-order valence-electron chi connectivity index (χ2n) is 4.65. The maximum absolute atomic E-state index is 5.79. The monoisotopic (exact) mass is 256 g/mol. The van der Waals surface area contributed by atoms with Crippen LogP contribution in [-0.2, 0) is 6.54 Å². The number of hydrogen-bond donors (Lipinski definition) is 1. The SMILES string of the molecule is COc1ccc(CN(C)C2CC(N)C2)cc1.Cl. The van der Waals surface area contributed by atoms with E-state index in [-0.39, 0.29) is 12.4 Å². The normalized spacial score (nSPS) is 22.8. The van der Waals surface area contributed by atoms with E-state index in [1.165, 1.54) is 5.56 Å². The average Bonchev–Trinajstić information content (AvgIpc) is 2.26. The van der Waals surface area contributed by atoms with E-state index in [2.05, 4.69) is 24.1 Å². The zero-order valence-electron chi connectivity index (χ0n) is 10.4. The summed E-state index contributed by atoms with van der Waals surface area (Å²) in [5, 5.41) is 0. The van der Waals surface area contributed by atoms with Crippen molar-refractivity contribution in [3.63, 3.8) is 0 Å². The standard InChI is InChI=1S/C13H20N2O.ClH/c1-15(12-7-11(14)8-12)9-10-3-5-13(16-2)6-4-10;/h3-6,11-12H,7-9,14H2,1-2H3;1H. The van der Waals surface area contributed by atoms with Crippen molar-refractivity contribution < 1.29 is 4.74 Å². The summed E-state index contributed by atoms with van der Waals surface area (Å²) in [4.78, 5) is 2.38. The summed E-state index contributed by atoms with van der Waals surface area (Å²) in [6.45, 7) is 0.987. The van der Waals surface area contributed by atoms with Crippen molar-refractivity contribution >= 4 is 12.4 Å². The Bertz CT molecular complexity index is 336. The van der Waals surface area contributed by atoms with Crippen molar-refractivity contribution in [3.05, 3.63) is 29.8 Å². The molecule has 1 fully saturated rings. The third-order valence-corrected chi connectivity index (χ3v) is 3.36. The lowest BCUT2D eigenvalue weighted by atomic mass is 9.86. The van der Waals surface area contributed by atoms with Gasteiger partial charge in [-0.25, -0.2) is 0 Å². The molecule has 1 aliphatic carbocycles. The molecule has 1 aromatic carbocycles. The number of methoxy groups -OCH3 is 1. The lowest BCUT2D eigenvalue weighted by molar-refractivity contribution is 0.132. The van der Waals surface area contributed by atoms with Gasteiger partial charge in [-0.3, -0.25) is 4.90 Å². The molecule has 2 rings (SSSR count). The Morgan fingerprint density at radius 1 is 1.29 bits per heavy atom. The fourth-order valence-corrected chi connectivity index (χ4v) is 2.14. The van der Waals surface area contributed by atoms with Gasteiger partial charge in [0.15, 0.2) is 0 Å². The molecule has 0 aliphatic heterocycles. The van der Waals surface area contributed by atoms with Gasteiger partial charge in [0.05, 0.1) is 7.11 Å². The summed E-state index contributed by atoms with van der Waals surface area (Å²) in [6, 6.07) is 9.34. The van der Waals surface area contributed by atoms with Gasteiger partial charge in [0.1, 0.15) is 5.75 Å². The number of benzene rings is 1. The van der Waals surface area contributed by atoms with Gasteiger partial charge in [0.25, 0.3) is 0 Å². The summed E-state index contributed by atoms with van der Waals surface area (Å²) < 4.78 is 5.14. The van der Waals surface area contributed by atoms with Crippen LogP contribution < -0.4 is 10.5 Å². The topological polar surface area (TPSA) is 38.5 Å². The first-order valence-corrected chi connectivity index (χ1v) is 5.78. The van der Waals surface area contributed by atoms with E-state index in [1.54, 1.807) is 7.11 Å². The first-order chi connectivity index (χ1) is 7.69. The number of nitrogens with zero attached hydrogens (tertiary/aromatic N) is 1. The van der Waals surface area contributed by atoms with Crippen molar-refractivity contribution in [3.8, 4) is 5.75 Å². The Morgan fingerprint density at radius 2 is 1.88 bits per heavy atom. The average molecular weight is 257 g/mol. The van der Waals surface area contributed by atoms with Crippen LogP contribution in [0.4, 0.5) is 0 Å². The van der Waals surface area contributed by atoms with Gasteiger partial charge in [-0.05, 0) is 37.6 Å². The summed E-state index contributed by atoms with van der Waals surface area (Å²) in [7, 11) is 3.86. The van der Waals surface area contributed by atoms with Crippen molar-refractivity contribution in [2.75, 3.05) is 14.2 Å². The second kappa shape index (κ2) is 6.24. The number of rotatable bonds is 4. The molecule has 2 N–H and O–H groups in total. The molecule has 1 aliphatic rings. The van der Waals surface area contributed by atoms with Crippen LogP contribution in [0.5, 0.6) is 5.75 Å². The Morgan fingerprint density at radius 3 is 2.35 bits per heavy atom. The van der Waals surface area contributed by atoms with E-state index in [1.807, 2.05) is 12.1 Å². The molecule has 0 amide bonds. The molecule has 3 nitrogen and oxygen atoms in total. The molecule has 0 atom stereocenters. The highest BCUT2D eigenvalue weighted by molar-refractivity contribution is 5.85. The number of ether oxygens (including phenoxy) is 1. The molecule has 1 saturated carbocycles. The van der Waals surface area contributed by atoms with E-state index < -0.39 is 0 Å². The zero-order chi connectivity index (χ0) is 11.5. The number of nitrogens with two attached hydrogens (primary N) is 1. The Kier molecular flexibility index (Phi) is 5.25. The van der Waals surface area contributed by atoms with Gasteiger partial charge < -0.3 is 10.5 Å². The van der Waals surface area contributed by atoms with Gasteiger partial charge in [0.2, 0.25) is 0 Å². The fraction of sp³-hybridized carbons (Fsp3) is 0.538. The van der Waals surface area contributed by atoms with E-state index in [4.69, 9.17) is 10.5 Å². The molecule has 0 spiro atoms. The predicted molar refractivity (Wildman–Crippen MR) is 72.7 cm³/mol. The smallest absolute Gasteiger partial charge is 0.118 e. The molecule has 0 bridgehead atoms. The quantitative estimate of drug-likeness (QED) is 0.896. The van der Waals surface area contributed by atoms with E-state index in [0.29, 0.717) is 12.1 Å². The highest BCUT2D eigenvalue weighted by atomic mass is 35.5. The Balaban J connectivity index is 0.00000144. The minimum Gasteiger partial charge on any atom is -0.497 e. The molecular weight excluding hydrogens is 236 g/mol. The van der Waals surface area contributed by atoms with Crippen LogP contribution in [0.1, 0.15) is 18.4 Å². The summed E-state index contributed by atoms with van der Waals surface area (Å²) in [5.74, 6) is 0.914. The molecule has 0 saturated heterocycles. The molecule has 0 aromatic heterocycles. The van der Waals surface area contributed by atoms with Crippen LogP contribution in [0.2, 0.25) is 0 Å². The molecule has 17 heavy (non-hydrogen) atoms. The predicted octanol–water partition coefficient (Wildman–Crippen LogP) is 2.04. The van der Waals surface area contributed by atoms with E-state index in [9.17, 15) is 0 Å². The number of halogens is 1. The molecule has 0 unspecified atom stereocenters. The number of hydrogen-bond acceptors (Lipinski definition) is 3. The van der Waals surface area contributed by atoms with Gasteiger partial charge in [-0.1, -0.05) is 12.1 Å². The minimum atomic E-state index is 0. The van der Waals surface area contributed by atoms with E-state index >= 15 is 0 Å². The lowest BCUT2D eigenvalue weighted by Gasteiger charge is -2.39. The lowest BCUT2D eigenvalue weighted by Crippen LogP contribution is -2.48. The van der Waals surface area contributed by atoms with Gasteiger partial charge in [0, 0.05) is 18.6 Å². The third kappa shape index (κ3) is 3.60. The largest absolute Gasteiger partial charge is 0.497 e. The molecular formula is C13H21ClN2O. The molecule has 4 heteroatoms. The van der Waals surface area contributed by atoms with Crippen LogP contribution in [0, 0.1) is 0 Å². The van der Waals surface area contributed by atoms with Crippen LogP contribution >= 0.6 is 12.4 Å². The molecule has 0 heterocycles. The molecule has 0 radical (unpaired) electrons. The second-order valence-corrected chi connectivity index (χ2v) is 4.65. The Hall–Kier alpha value is -0.770. The summed E-state index contributed by atoms with van der Waals surface area (Å²) >= 11 is 0. The summed E-state index contributed by atoms with van der Waals surface area (Å²) in [6.07, 6.45) is 2.26. The first-order valence-electron chi connectivity index (χ1n) is 5.78. The maximum Gasteiger partial charge on any atom is 0.118 e. The van der Waals surface area contributed by atoms with Crippen molar-refractivity contribution in [2.24, 2.45) is 5.73 Å². The fourth-order valence-electron chi connectivity index (χ4n) is 2.14. The minimum absolute atomic E-state index is 0. The highest BCUT2D eigenvalue weighted by Crippen LogP contribution is 2.24.